The monoisotopic (exact) mass is 412 g/mol. The molecule has 0 saturated heterocycles. The van der Waals surface area contributed by atoms with Crippen LogP contribution in [0, 0.1) is 5.82 Å². The molecule has 0 unspecified atom stereocenters. The van der Waals surface area contributed by atoms with Crippen molar-refractivity contribution in [2.24, 2.45) is 0 Å². The average molecular weight is 412 g/mol. The summed E-state index contributed by atoms with van der Waals surface area (Å²) in [6.07, 6.45) is 0.342. The van der Waals surface area contributed by atoms with E-state index in [1.807, 2.05) is 0 Å². The molecule has 1 amide bonds. The zero-order chi connectivity index (χ0) is 20.9. The first-order valence-corrected chi connectivity index (χ1v) is 10.5. The molecule has 0 saturated carbocycles. The van der Waals surface area contributed by atoms with Gasteiger partial charge in [0.1, 0.15) is 5.82 Å². The number of rotatable bonds is 7. The molecule has 29 heavy (non-hydrogen) atoms. The maximum atomic E-state index is 13.7. The summed E-state index contributed by atoms with van der Waals surface area (Å²) < 4.78 is 40.6. The Morgan fingerprint density at radius 1 is 0.966 bits per heavy atom. The van der Waals surface area contributed by atoms with Crippen molar-refractivity contribution in [3.8, 4) is 0 Å². The molecule has 0 aliphatic carbocycles. The Labute approximate surface area is 169 Å². The van der Waals surface area contributed by atoms with E-state index in [4.69, 9.17) is 0 Å². The molecule has 0 aliphatic heterocycles. The lowest BCUT2D eigenvalue weighted by Gasteiger charge is -2.19. The van der Waals surface area contributed by atoms with Crippen molar-refractivity contribution < 1.29 is 17.6 Å². The Balaban J connectivity index is 1.70. The van der Waals surface area contributed by atoms with Crippen LogP contribution in [0.1, 0.15) is 12.0 Å². The lowest BCUT2D eigenvalue weighted by atomic mass is 10.1. The van der Waals surface area contributed by atoms with Crippen molar-refractivity contribution in [3.63, 3.8) is 0 Å². The highest BCUT2D eigenvalue weighted by Gasteiger charge is 2.21. The van der Waals surface area contributed by atoms with Crippen LogP contribution in [0.5, 0.6) is 0 Å². The number of hydrogen-bond acceptors (Lipinski definition) is 3. The summed E-state index contributed by atoms with van der Waals surface area (Å²) in [6, 6.07) is 21.1. The van der Waals surface area contributed by atoms with Gasteiger partial charge >= 0.3 is 0 Å². The third kappa shape index (κ3) is 5.00. The Morgan fingerprint density at radius 3 is 2.38 bits per heavy atom. The van der Waals surface area contributed by atoms with Crippen molar-refractivity contribution in [1.82, 2.24) is 0 Å². The second-order valence-corrected chi connectivity index (χ2v) is 8.44. The summed E-state index contributed by atoms with van der Waals surface area (Å²) in [5.74, 6) is -0.670. The van der Waals surface area contributed by atoms with Crippen LogP contribution in [0.2, 0.25) is 0 Å². The fourth-order valence-corrected chi connectivity index (χ4v) is 4.08. The van der Waals surface area contributed by atoms with Crippen molar-refractivity contribution in [1.29, 1.82) is 0 Å². The van der Waals surface area contributed by atoms with E-state index in [0.29, 0.717) is 16.9 Å². The molecule has 5 nitrogen and oxygen atoms in total. The van der Waals surface area contributed by atoms with Crippen LogP contribution in [0.3, 0.4) is 0 Å². The third-order valence-corrected chi connectivity index (χ3v) is 6.26. The molecule has 7 heteroatoms. The van der Waals surface area contributed by atoms with Crippen LogP contribution in [0.4, 0.5) is 15.8 Å². The molecule has 3 aromatic rings. The van der Waals surface area contributed by atoms with Crippen LogP contribution in [0.15, 0.2) is 83.8 Å². The van der Waals surface area contributed by atoms with E-state index in [2.05, 4.69) is 5.32 Å². The Bertz CT molecular complexity index is 1100. The summed E-state index contributed by atoms with van der Waals surface area (Å²) in [4.78, 5) is 12.3. The van der Waals surface area contributed by atoms with Gasteiger partial charge in [0.2, 0.25) is 5.91 Å². The first-order valence-electron chi connectivity index (χ1n) is 9.05. The van der Waals surface area contributed by atoms with E-state index in [-0.39, 0.29) is 29.5 Å². The molecule has 0 radical (unpaired) electrons. The fourth-order valence-electron chi connectivity index (χ4n) is 2.84. The Hall–Kier alpha value is -3.19. The number of nitrogens with zero attached hydrogens (tertiary/aromatic N) is 1. The lowest BCUT2D eigenvalue weighted by molar-refractivity contribution is -0.116. The van der Waals surface area contributed by atoms with Crippen molar-refractivity contribution >= 4 is 27.3 Å². The van der Waals surface area contributed by atoms with E-state index < -0.39 is 10.0 Å². The zero-order valence-electron chi connectivity index (χ0n) is 15.9. The number of carbonyl (C=O) groups is 1. The van der Waals surface area contributed by atoms with Crippen molar-refractivity contribution in [2.75, 3.05) is 16.7 Å². The number of carbonyl (C=O) groups excluding carboxylic acids is 1. The van der Waals surface area contributed by atoms with Crippen LogP contribution < -0.4 is 9.62 Å². The van der Waals surface area contributed by atoms with E-state index in [0.717, 1.165) is 0 Å². The standard InChI is InChI=1S/C22H21FN2O3S/c1-25(19-10-3-2-4-11-19)29(27,28)20-12-7-9-18(16-20)24-22(26)15-14-17-8-5-6-13-21(17)23/h2-13,16H,14-15H2,1H3,(H,24,26). The summed E-state index contributed by atoms with van der Waals surface area (Å²) >= 11 is 0. The normalized spacial score (nSPS) is 11.1. The number of halogens is 1. The van der Waals surface area contributed by atoms with E-state index in [1.54, 1.807) is 60.7 Å². The van der Waals surface area contributed by atoms with Gasteiger partial charge in [-0.2, -0.15) is 0 Å². The van der Waals surface area contributed by atoms with Gasteiger partial charge in [-0.3, -0.25) is 9.10 Å². The molecule has 3 aromatic carbocycles. The van der Waals surface area contributed by atoms with E-state index in [9.17, 15) is 17.6 Å². The SMILES string of the molecule is CN(c1ccccc1)S(=O)(=O)c1cccc(NC(=O)CCc2ccccc2F)c1. The zero-order valence-corrected chi connectivity index (χ0v) is 16.7. The first kappa shape index (κ1) is 20.5. The quantitative estimate of drug-likeness (QED) is 0.632. The van der Waals surface area contributed by atoms with Crippen LogP contribution in [-0.2, 0) is 21.2 Å². The summed E-state index contributed by atoms with van der Waals surface area (Å²) in [5, 5.41) is 2.68. The number of benzene rings is 3. The highest BCUT2D eigenvalue weighted by Crippen LogP contribution is 2.23. The predicted octanol–water partition coefficient (Wildman–Crippen LogP) is 4.22. The van der Waals surface area contributed by atoms with Gasteiger partial charge in [0.25, 0.3) is 10.0 Å². The highest BCUT2D eigenvalue weighted by atomic mass is 32.2. The fraction of sp³-hybridized carbons (Fsp3) is 0.136. The van der Waals surface area contributed by atoms with Crippen LogP contribution in [0.25, 0.3) is 0 Å². The molecule has 0 spiro atoms. The number of amides is 1. The molecule has 0 aliphatic rings. The Morgan fingerprint density at radius 2 is 1.66 bits per heavy atom. The van der Waals surface area contributed by atoms with Gasteiger partial charge in [0.05, 0.1) is 10.6 Å². The second kappa shape index (κ2) is 8.87. The maximum absolute atomic E-state index is 13.7. The topological polar surface area (TPSA) is 66.5 Å². The number of anilines is 2. The molecule has 1 N–H and O–H groups in total. The smallest absolute Gasteiger partial charge is 0.264 e. The molecular weight excluding hydrogens is 391 g/mol. The minimum absolute atomic E-state index is 0.0655. The molecule has 0 atom stereocenters. The highest BCUT2D eigenvalue weighted by molar-refractivity contribution is 7.92. The average Bonchev–Trinajstić information content (AvgIpc) is 2.73. The van der Waals surface area contributed by atoms with Gasteiger partial charge in [-0.15, -0.1) is 0 Å². The van der Waals surface area contributed by atoms with Gasteiger partial charge in [-0.05, 0) is 48.4 Å². The van der Waals surface area contributed by atoms with Gasteiger partial charge in [-0.25, -0.2) is 12.8 Å². The summed E-state index contributed by atoms with van der Waals surface area (Å²) in [5.41, 5.74) is 1.36. The van der Waals surface area contributed by atoms with E-state index in [1.165, 1.54) is 29.6 Å². The number of para-hydroxylation sites is 1. The number of sulfonamides is 1. The predicted molar refractivity (Wildman–Crippen MR) is 112 cm³/mol. The van der Waals surface area contributed by atoms with Gasteiger partial charge < -0.3 is 5.32 Å². The lowest BCUT2D eigenvalue weighted by Crippen LogP contribution is -2.26. The van der Waals surface area contributed by atoms with Crippen molar-refractivity contribution in [3.05, 3.63) is 90.2 Å². The molecular formula is C22H21FN2O3S. The maximum Gasteiger partial charge on any atom is 0.264 e. The van der Waals surface area contributed by atoms with Gasteiger partial charge in [0, 0.05) is 19.2 Å². The largest absolute Gasteiger partial charge is 0.326 e. The van der Waals surface area contributed by atoms with Gasteiger partial charge in [-0.1, -0.05) is 42.5 Å². The summed E-state index contributed by atoms with van der Waals surface area (Å²) in [6.45, 7) is 0. The minimum Gasteiger partial charge on any atom is -0.326 e. The number of nitrogens with one attached hydrogen (secondary N) is 1. The molecule has 0 aromatic heterocycles. The number of hydrogen-bond donors (Lipinski definition) is 1. The molecule has 0 heterocycles. The van der Waals surface area contributed by atoms with Crippen LogP contribution >= 0.6 is 0 Å². The second-order valence-electron chi connectivity index (χ2n) is 6.48. The van der Waals surface area contributed by atoms with Crippen molar-refractivity contribution in [2.45, 2.75) is 17.7 Å². The third-order valence-electron chi connectivity index (χ3n) is 4.48. The van der Waals surface area contributed by atoms with Crippen LogP contribution in [-0.4, -0.2) is 21.4 Å². The molecule has 0 fully saturated rings. The van der Waals surface area contributed by atoms with Gasteiger partial charge in [0.15, 0.2) is 0 Å². The summed E-state index contributed by atoms with van der Waals surface area (Å²) in [7, 11) is -2.30. The molecule has 3 rings (SSSR count). The molecule has 0 bridgehead atoms. The minimum atomic E-state index is -3.78. The first-order chi connectivity index (χ1) is 13.9. The number of aryl methyl sites for hydroxylation is 1. The Kier molecular flexibility index (Phi) is 6.29. The van der Waals surface area contributed by atoms with E-state index >= 15 is 0 Å². The molecule has 150 valence electrons.